The monoisotopic (exact) mass is 510 g/mol. The van der Waals surface area contributed by atoms with Crippen molar-refractivity contribution in [2.75, 3.05) is 19.5 Å². The number of thiazole rings is 1. The molecule has 1 aliphatic rings. The number of amides is 4. The Hall–Kier alpha value is -4.45. The van der Waals surface area contributed by atoms with E-state index in [0.29, 0.717) is 17.1 Å². The van der Waals surface area contributed by atoms with Crippen LogP contribution in [0.2, 0.25) is 0 Å². The molecule has 3 N–H and O–H groups in total. The highest BCUT2D eigenvalue weighted by atomic mass is 32.1. The lowest BCUT2D eigenvalue weighted by atomic mass is 10.0. The summed E-state index contributed by atoms with van der Waals surface area (Å²) in [5, 5.41) is 15.6. The second kappa shape index (κ2) is 10.4. The quantitative estimate of drug-likeness (QED) is 0.372. The van der Waals surface area contributed by atoms with Crippen LogP contribution in [0.5, 0.6) is 11.5 Å². The SMILES string of the molecule is COc1cc(OC)cc(C2NC(=O)N([C@@H](Cc3ccccc3)C(=O)Nc3nc(C(=O)O)cs3)C2=O)c1. The van der Waals surface area contributed by atoms with E-state index < -0.39 is 35.9 Å². The summed E-state index contributed by atoms with van der Waals surface area (Å²) in [6.45, 7) is 0. The third-order valence-corrected chi connectivity index (χ3v) is 6.28. The Morgan fingerprint density at radius 3 is 2.39 bits per heavy atom. The zero-order valence-electron chi connectivity index (χ0n) is 19.3. The Labute approximate surface area is 209 Å². The Bertz CT molecular complexity index is 1290. The predicted molar refractivity (Wildman–Crippen MR) is 129 cm³/mol. The first-order chi connectivity index (χ1) is 17.3. The van der Waals surface area contributed by atoms with Gasteiger partial charge in [0.1, 0.15) is 23.6 Å². The molecule has 186 valence electrons. The summed E-state index contributed by atoms with van der Waals surface area (Å²) in [6.07, 6.45) is 0.0388. The fourth-order valence-corrected chi connectivity index (χ4v) is 4.46. The van der Waals surface area contributed by atoms with Crippen LogP contribution in [0.25, 0.3) is 0 Å². The average Bonchev–Trinajstić information content (AvgIpc) is 3.46. The van der Waals surface area contributed by atoms with Crippen LogP contribution in [-0.4, -0.2) is 59.1 Å². The molecule has 0 spiro atoms. The second-order valence-electron chi connectivity index (χ2n) is 7.77. The van der Waals surface area contributed by atoms with Gasteiger partial charge in [0, 0.05) is 17.9 Å². The smallest absolute Gasteiger partial charge is 0.355 e. The zero-order valence-corrected chi connectivity index (χ0v) is 20.1. The van der Waals surface area contributed by atoms with Gasteiger partial charge < -0.3 is 25.2 Å². The van der Waals surface area contributed by atoms with Gasteiger partial charge in [-0.2, -0.15) is 0 Å². The first-order valence-electron chi connectivity index (χ1n) is 10.7. The number of aromatic nitrogens is 1. The normalized spacial score (nSPS) is 15.8. The standard InChI is InChI=1S/C24H22N4O7S/c1-34-15-9-14(10-16(11-15)35-2)19-21(30)28(24(33)26-19)18(8-13-6-4-3-5-7-13)20(29)27-23-25-17(12-36-23)22(31)32/h3-7,9-12,18-19H,8H2,1-2H3,(H,26,33)(H,31,32)(H,25,27,29)/t18-,19?/m0/s1. The number of carboxylic acid groups (broad SMARTS) is 1. The highest BCUT2D eigenvalue weighted by molar-refractivity contribution is 7.14. The van der Waals surface area contributed by atoms with Crippen molar-refractivity contribution in [3.8, 4) is 11.5 Å². The molecule has 1 fully saturated rings. The first kappa shape index (κ1) is 24.7. The number of anilines is 1. The van der Waals surface area contributed by atoms with Crippen molar-refractivity contribution in [3.05, 3.63) is 70.7 Å². The summed E-state index contributed by atoms with van der Waals surface area (Å²) >= 11 is 0.924. The summed E-state index contributed by atoms with van der Waals surface area (Å²) in [7, 11) is 2.93. The summed E-state index contributed by atoms with van der Waals surface area (Å²) in [4.78, 5) is 55.7. The topological polar surface area (TPSA) is 147 Å². The molecule has 1 aliphatic heterocycles. The number of nitrogens with one attached hydrogen (secondary N) is 2. The molecule has 2 atom stereocenters. The van der Waals surface area contributed by atoms with Crippen molar-refractivity contribution >= 4 is 40.3 Å². The number of nitrogens with zero attached hydrogens (tertiary/aromatic N) is 2. The molecule has 2 heterocycles. The van der Waals surface area contributed by atoms with Crippen LogP contribution in [0.3, 0.4) is 0 Å². The van der Waals surface area contributed by atoms with Crippen LogP contribution in [0.1, 0.15) is 27.7 Å². The number of carbonyl (C=O) groups is 4. The first-order valence-corrected chi connectivity index (χ1v) is 11.6. The zero-order chi connectivity index (χ0) is 25.8. The van der Waals surface area contributed by atoms with Gasteiger partial charge in [-0.25, -0.2) is 19.5 Å². The second-order valence-corrected chi connectivity index (χ2v) is 8.63. The fourth-order valence-electron chi connectivity index (χ4n) is 3.77. The number of carboxylic acids is 1. The van der Waals surface area contributed by atoms with E-state index in [4.69, 9.17) is 14.6 Å². The third-order valence-electron chi connectivity index (χ3n) is 5.52. The predicted octanol–water partition coefficient (Wildman–Crippen LogP) is 2.70. The highest BCUT2D eigenvalue weighted by Gasteiger charge is 2.45. The number of hydrogen-bond donors (Lipinski definition) is 3. The maximum absolute atomic E-state index is 13.5. The van der Waals surface area contributed by atoms with E-state index in [0.717, 1.165) is 21.8 Å². The van der Waals surface area contributed by atoms with Gasteiger partial charge >= 0.3 is 12.0 Å². The van der Waals surface area contributed by atoms with Crippen LogP contribution in [0.15, 0.2) is 53.9 Å². The maximum atomic E-state index is 13.5. The average molecular weight is 511 g/mol. The number of imide groups is 1. The minimum Gasteiger partial charge on any atom is -0.497 e. The van der Waals surface area contributed by atoms with Gasteiger partial charge in [-0.05, 0) is 23.3 Å². The van der Waals surface area contributed by atoms with Crippen molar-refractivity contribution in [2.24, 2.45) is 0 Å². The van der Waals surface area contributed by atoms with Crippen LogP contribution in [0, 0.1) is 0 Å². The number of benzene rings is 2. The molecule has 11 nitrogen and oxygen atoms in total. The maximum Gasteiger partial charge on any atom is 0.355 e. The minimum absolute atomic E-state index is 0.0385. The van der Waals surface area contributed by atoms with E-state index in [1.165, 1.54) is 19.6 Å². The molecule has 4 amide bonds. The van der Waals surface area contributed by atoms with Crippen molar-refractivity contribution < 1.29 is 33.8 Å². The molecule has 1 saturated heterocycles. The lowest BCUT2D eigenvalue weighted by Gasteiger charge is -2.24. The number of methoxy groups -OCH3 is 2. The molecule has 0 radical (unpaired) electrons. The van der Waals surface area contributed by atoms with Gasteiger partial charge in [-0.1, -0.05) is 30.3 Å². The van der Waals surface area contributed by atoms with Crippen LogP contribution in [0.4, 0.5) is 9.93 Å². The molecule has 3 aromatic rings. The van der Waals surface area contributed by atoms with E-state index in [1.54, 1.807) is 42.5 Å². The van der Waals surface area contributed by atoms with Crippen molar-refractivity contribution in [2.45, 2.75) is 18.5 Å². The molecule has 12 heteroatoms. The van der Waals surface area contributed by atoms with Crippen molar-refractivity contribution in [3.63, 3.8) is 0 Å². The van der Waals surface area contributed by atoms with Crippen LogP contribution < -0.4 is 20.1 Å². The number of urea groups is 1. The van der Waals surface area contributed by atoms with Gasteiger partial charge in [0.15, 0.2) is 10.8 Å². The molecule has 1 unspecified atom stereocenters. The summed E-state index contributed by atoms with van der Waals surface area (Å²) < 4.78 is 10.5. The number of hydrogen-bond acceptors (Lipinski definition) is 8. The van der Waals surface area contributed by atoms with Gasteiger partial charge in [-0.15, -0.1) is 11.3 Å². The number of ether oxygens (including phenoxy) is 2. The summed E-state index contributed by atoms with van der Waals surface area (Å²) in [6, 6.07) is 10.7. The molecular formula is C24H22N4O7S. The van der Waals surface area contributed by atoms with Crippen molar-refractivity contribution in [1.29, 1.82) is 0 Å². The highest BCUT2D eigenvalue weighted by Crippen LogP contribution is 2.31. The number of carbonyl (C=O) groups excluding carboxylic acids is 3. The summed E-state index contributed by atoms with van der Waals surface area (Å²) in [5.41, 5.74) is 0.920. The molecule has 2 aromatic carbocycles. The molecule has 0 saturated carbocycles. The molecular weight excluding hydrogens is 488 g/mol. The van der Waals surface area contributed by atoms with Gasteiger partial charge in [0.25, 0.3) is 5.91 Å². The van der Waals surface area contributed by atoms with E-state index >= 15 is 0 Å². The number of aromatic carboxylic acids is 1. The Kier molecular flexibility index (Phi) is 7.15. The molecule has 0 aliphatic carbocycles. The van der Waals surface area contributed by atoms with E-state index in [2.05, 4.69) is 15.6 Å². The Balaban J connectivity index is 1.65. The van der Waals surface area contributed by atoms with Gasteiger partial charge in [0.2, 0.25) is 5.91 Å². The molecule has 4 rings (SSSR count). The minimum atomic E-state index is -1.24. The fraction of sp³-hybridized carbons (Fsp3) is 0.208. The summed E-state index contributed by atoms with van der Waals surface area (Å²) in [5.74, 6) is -1.68. The molecule has 36 heavy (non-hydrogen) atoms. The largest absolute Gasteiger partial charge is 0.497 e. The molecule has 1 aromatic heterocycles. The number of rotatable bonds is 9. The molecule has 0 bridgehead atoms. The van der Waals surface area contributed by atoms with Crippen LogP contribution >= 0.6 is 11.3 Å². The van der Waals surface area contributed by atoms with Crippen molar-refractivity contribution in [1.82, 2.24) is 15.2 Å². The van der Waals surface area contributed by atoms with Crippen LogP contribution in [-0.2, 0) is 16.0 Å². The third kappa shape index (κ3) is 5.13. The lowest BCUT2D eigenvalue weighted by Crippen LogP contribution is -2.49. The van der Waals surface area contributed by atoms with E-state index in [9.17, 15) is 19.2 Å². The Morgan fingerprint density at radius 1 is 1.14 bits per heavy atom. The van der Waals surface area contributed by atoms with Gasteiger partial charge in [-0.3, -0.25) is 9.59 Å². The Morgan fingerprint density at radius 2 is 1.81 bits per heavy atom. The van der Waals surface area contributed by atoms with E-state index in [1.807, 2.05) is 6.07 Å². The van der Waals surface area contributed by atoms with Gasteiger partial charge in [0.05, 0.1) is 14.2 Å². The van der Waals surface area contributed by atoms with E-state index in [-0.39, 0.29) is 17.2 Å². The lowest BCUT2D eigenvalue weighted by molar-refractivity contribution is -0.134.